The second kappa shape index (κ2) is 23.6. The largest absolute Gasteiger partial charge is 0.508 e. The van der Waals surface area contributed by atoms with E-state index in [9.17, 15) is 39.3 Å². The van der Waals surface area contributed by atoms with Crippen molar-refractivity contribution in [3.05, 3.63) is 107 Å². The number of rotatable bonds is 8. The number of hydrogen-bond donors (Lipinski definition) is 9. The van der Waals surface area contributed by atoms with Gasteiger partial charge in [-0.2, -0.15) is 0 Å². The fourth-order valence-corrected chi connectivity index (χ4v) is 6.79. The van der Waals surface area contributed by atoms with E-state index in [0.29, 0.717) is 54.9 Å². The van der Waals surface area contributed by atoms with E-state index in [0.717, 1.165) is 5.56 Å². The lowest BCUT2D eigenvalue weighted by Gasteiger charge is -2.31. The summed E-state index contributed by atoms with van der Waals surface area (Å²) in [6.45, 7) is 2.65. The fourth-order valence-electron chi connectivity index (χ4n) is 6.79. The number of carbonyl (C=O) groups is 5. The van der Waals surface area contributed by atoms with E-state index in [4.69, 9.17) is 4.74 Å². The molecule has 1 aromatic heterocycles. The van der Waals surface area contributed by atoms with Crippen LogP contribution in [-0.2, 0) is 56.2 Å². The minimum absolute atomic E-state index is 0.0149. The van der Waals surface area contributed by atoms with Gasteiger partial charge in [0.05, 0.1) is 30.4 Å². The number of aromatic hydroxyl groups is 1. The van der Waals surface area contributed by atoms with Crippen molar-refractivity contribution < 1.29 is 44.0 Å². The Morgan fingerprint density at radius 3 is 2.35 bits per heavy atom. The smallest absolute Gasteiger partial charge is 0.326 e. The number of carboxylic acids is 1. The molecule has 3 aromatic carbocycles. The van der Waals surface area contributed by atoms with E-state index in [1.807, 2.05) is 6.07 Å². The van der Waals surface area contributed by atoms with Crippen LogP contribution in [0.3, 0.4) is 0 Å². The van der Waals surface area contributed by atoms with Gasteiger partial charge in [-0.15, -0.1) is 5.10 Å². The Balaban J connectivity index is 1.43. The molecule has 0 fully saturated rings. The van der Waals surface area contributed by atoms with Crippen LogP contribution in [0.2, 0.25) is 0 Å². The number of aliphatic hydroxyl groups excluding tert-OH is 1. The zero-order valence-corrected chi connectivity index (χ0v) is 35.0. The van der Waals surface area contributed by atoms with E-state index >= 15 is 0 Å². The molecule has 4 amide bonds. The van der Waals surface area contributed by atoms with Gasteiger partial charge in [0.25, 0.3) is 0 Å². The maximum absolute atomic E-state index is 14.1. The molecule has 4 bridgehead atoms. The van der Waals surface area contributed by atoms with Gasteiger partial charge < -0.3 is 46.6 Å². The average Bonchev–Trinajstić information content (AvgIpc) is 3.72. The van der Waals surface area contributed by atoms with E-state index < -0.39 is 60.1 Å². The number of carboxylic acid groups (broad SMARTS) is 1. The molecule has 1 unspecified atom stereocenters. The van der Waals surface area contributed by atoms with E-state index in [1.165, 1.54) is 12.1 Å². The van der Waals surface area contributed by atoms with Gasteiger partial charge in [-0.05, 0) is 87.0 Å². The molecule has 18 heteroatoms. The Bertz CT molecular complexity index is 2070. The van der Waals surface area contributed by atoms with Crippen LogP contribution in [-0.4, -0.2) is 117 Å². The third-order valence-corrected chi connectivity index (χ3v) is 10.5. The first-order valence-corrected chi connectivity index (χ1v) is 20.8. The van der Waals surface area contributed by atoms with E-state index in [1.54, 1.807) is 85.5 Å². The van der Waals surface area contributed by atoms with Crippen molar-refractivity contribution in [1.82, 2.24) is 46.9 Å². The second-order valence-corrected chi connectivity index (χ2v) is 15.3. The van der Waals surface area contributed by atoms with Gasteiger partial charge in [0, 0.05) is 32.0 Å². The van der Waals surface area contributed by atoms with Gasteiger partial charge in [-0.25, -0.2) is 9.48 Å². The summed E-state index contributed by atoms with van der Waals surface area (Å²) in [6, 6.07) is 16.7. The molecule has 0 saturated heterocycles. The summed E-state index contributed by atoms with van der Waals surface area (Å²) in [5, 5.41) is 57.4. The van der Waals surface area contributed by atoms with Crippen LogP contribution in [0.15, 0.2) is 85.1 Å². The Kier molecular flexibility index (Phi) is 17.8. The lowest BCUT2D eigenvalue weighted by atomic mass is 10.00. The van der Waals surface area contributed by atoms with Crippen LogP contribution in [0, 0.1) is 0 Å². The number of phenolic OH excluding ortho intramolecular Hbond substituents is 1. The van der Waals surface area contributed by atoms with Crippen LogP contribution < -0.4 is 36.6 Å². The van der Waals surface area contributed by atoms with Gasteiger partial charge >= 0.3 is 5.97 Å². The van der Waals surface area contributed by atoms with Gasteiger partial charge in [-0.1, -0.05) is 59.8 Å². The first kappa shape index (κ1) is 46.7. The van der Waals surface area contributed by atoms with Crippen molar-refractivity contribution >= 4 is 29.6 Å². The summed E-state index contributed by atoms with van der Waals surface area (Å²) in [4.78, 5) is 66.5. The molecule has 0 saturated carbocycles. The van der Waals surface area contributed by atoms with Gasteiger partial charge in [0.1, 0.15) is 36.4 Å². The lowest BCUT2D eigenvalue weighted by molar-refractivity contribution is -0.142. The van der Waals surface area contributed by atoms with Crippen LogP contribution in [0.25, 0.3) is 0 Å². The standard InChI is InChI=1S/C44H57N9O9/c1-28(45-2)40(56)47-35-10-6-7-21-46-39(55)20-15-32-27-53(52-51-32)22-23-62-34-18-13-31(14-19-34)26-38(44(60)61)50-43(59)36(24-29-8-4-3-5-9-29)49-42(58)37(48-41(35)57)25-30-11-16-33(54)17-12-30/h3-5,8-9,11-14,16-19,27-28,35-38,42,45,49,54,58H,6-7,10,15,20-26H2,1-2H3,(H,46,55)(H,47,56)(H,48,57)(H,50,59)(H,60,61)/t28-,35-,36-,37-,38+,42?/m0/s1. The number of aromatic nitrogens is 3. The first-order valence-electron chi connectivity index (χ1n) is 20.8. The highest BCUT2D eigenvalue weighted by atomic mass is 16.5. The van der Waals surface area contributed by atoms with Crippen molar-refractivity contribution in [2.75, 3.05) is 20.2 Å². The number of aliphatic hydroxyl groups is 1. The third-order valence-electron chi connectivity index (χ3n) is 10.5. The molecule has 2 aliphatic rings. The van der Waals surface area contributed by atoms with E-state index in [2.05, 4.69) is 42.2 Å². The average molecular weight is 856 g/mol. The maximum Gasteiger partial charge on any atom is 0.326 e. The number of hydrogen-bond acceptors (Lipinski definition) is 12. The fraction of sp³-hybridized carbons (Fsp3) is 0.432. The summed E-state index contributed by atoms with van der Waals surface area (Å²) >= 11 is 0. The summed E-state index contributed by atoms with van der Waals surface area (Å²) in [6.07, 6.45) is 1.92. The Hall–Kier alpha value is -6.37. The first-order chi connectivity index (χ1) is 29.9. The summed E-state index contributed by atoms with van der Waals surface area (Å²) in [5.41, 5.74) is 2.61. The Morgan fingerprint density at radius 2 is 1.65 bits per heavy atom. The third kappa shape index (κ3) is 15.0. The number of ether oxygens (including phenoxy) is 1. The Morgan fingerprint density at radius 1 is 0.919 bits per heavy atom. The highest BCUT2D eigenvalue weighted by molar-refractivity contribution is 5.90. The van der Waals surface area contributed by atoms with E-state index in [-0.39, 0.29) is 50.4 Å². The molecule has 6 atom stereocenters. The van der Waals surface area contributed by atoms with Crippen molar-refractivity contribution in [3.63, 3.8) is 0 Å². The van der Waals surface area contributed by atoms with Crippen molar-refractivity contribution in [1.29, 1.82) is 0 Å². The summed E-state index contributed by atoms with van der Waals surface area (Å²) < 4.78 is 7.49. The molecular weight excluding hydrogens is 799 g/mol. The molecule has 9 N–H and O–H groups in total. The van der Waals surface area contributed by atoms with Gasteiger partial charge in [0.15, 0.2) is 0 Å². The zero-order chi connectivity index (χ0) is 44.4. The number of aliphatic carboxylic acids is 1. The molecule has 332 valence electrons. The molecule has 6 rings (SSSR count). The molecule has 18 nitrogen and oxygen atoms in total. The SMILES string of the molecule is CN[C@@H](C)C(=O)N[C@H]1CCCCNC(=O)CCc2cn(nn2)CCOc2ccc(cc2)C[C@H](C(=O)O)NC(=O)[C@H](Cc2ccccc2)NC(O)[C@H](Cc2ccc(O)cc2)NC1=O. The number of nitrogens with zero attached hydrogens (tertiary/aromatic N) is 3. The predicted octanol–water partition coefficient (Wildman–Crippen LogP) is 0.747. The normalized spacial score (nSPS) is 22.0. The summed E-state index contributed by atoms with van der Waals surface area (Å²) in [7, 11) is 1.62. The highest BCUT2D eigenvalue weighted by Gasteiger charge is 2.32. The number of amides is 4. The van der Waals surface area contributed by atoms with Crippen molar-refractivity contribution in [2.24, 2.45) is 0 Å². The Labute approximate surface area is 360 Å². The monoisotopic (exact) mass is 855 g/mol. The highest BCUT2D eigenvalue weighted by Crippen LogP contribution is 2.16. The number of fused-ring (bicyclic) bond motifs is 22. The number of aryl methyl sites for hydroxylation is 1. The molecule has 3 heterocycles. The van der Waals surface area contributed by atoms with Crippen LogP contribution in [0.5, 0.6) is 11.5 Å². The number of nitrogens with one attached hydrogen (secondary N) is 6. The molecule has 62 heavy (non-hydrogen) atoms. The van der Waals surface area contributed by atoms with Crippen molar-refractivity contribution in [3.8, 4) is 11.5 Å². The van der Waals surface area contributed by atoms with Crippen molar-refractivity contribution in [2.45, 2.75) is 101 Å². The lowest BCUT2D eigenvalue weighted by Crippen LogP contribution is -2.61. The molecule has 0 spiro atoms. The van der Waals surface area contributed by atoms with Crippen LogP contribution in [0.4, 0.5) is 0 Å². The molecule has 0 aliphatic carbocycles. The maximum atomic E-state index is 14.1. The molecule has 4 aromatic rings. The molecular formula is C44H57N9O9. The number of likely N-dealkylation sites (N-methyl/N-ethyl adjacent to an activating group) is 1. The molecule has 0 radical (unpaired) electrons. The quantitative estimate of drug-likeness (QED) is 0.111. The number of carbonyl (C=O) groups excluding carboxylic acids is 4. The minimum Gasteiger partial charge on any atom is -0.508 e. The number of benzene rings is 3. The van der Waals surface area contributed by atoms with Crippen LogP contribution in [0.1, 0.15) is 55.0 Å². The minimum atomic E-state index is -1.58. The predicted molar refractivity (Wildman–Crippen MR) is 228 cm³/mol. The van der Waals surface area contributed by atoms with Gasteiger partial charge in [0.2, 0.25) is 23.6 Å². The van der Waals surface area contributed by atoms with Gasteiger partial charge in [-0.3, -0.25) is 24.5 Å². The number of phenols is 1. The molecule has 2 aliphatic heterocycles. The topological polar surface area (TPSA) is 258 Å². The zero-order valence-electron chi connectivity index (χ0n) is 35.0. The summed E-state index contributed by atoms with van der Waals surface area (Å²) in [5.74, 6) is -2.61. The second-order valence-electron chi connectivity index (χ2n) is 15.3. The van der Waals surface area contributed by atoms with Crippen LogP contribution >= 0.6 is 0 Å².